The summed E-state index contributed by atoms with van der Waals surface area (Å²) in [4.78, 5) is 11.9. The van der Waals surface area contributed by atoms with Gasteiger partial charge in [-0.05, 0) is 61.2 Å². The van der Waals surface area contributed by atoms with Gasteiger partial charge in [0.1, 0.15) is 0 Å². The van der Waals surface area contributed by atoms with Crippen LogP contribution in [0.5, 0.6) is 0 Å². The van der Waals surface area contributed by atoms with Crippen LogP contribution < -0.4 is 0 Å². The van der Waals surface area contributed by atoms with E-state index >= 15 is 0 Å². The molecule has 82 valence electrons. The van der Waals surface area contributed by atoms with Crippen LogP contribution in [0.3, 0.4) is 0 Å². The molecule has 2 heteroatoms. The molecule has 0 N–H and O–H groups in total. The first-order valence-corrected chi connectivity index (χ1v) is 6.35. The summed E-state index contributed by atoms with van der Waals surface area (Å²) in [5.41, 5.74) is 0.891. The fraction of sp³-hybridized carbons (Fsp3) is 0.923. The number of carbonyl (C=O) groups excluding carboxylic acids is 1. The molecule has 1 spiro atoms. The van der Waals surface area contributed by atoms with Gasteiger partial charge in [-0.2, -0.15) is 0 Å². The minimum Gasteiger partial charge on any atom is -0.469 e. The van der Waals surface area contributed by atoms with Crippen LogP contribution in [0.15, 0.2) is 0 Å². The van der Waals surface area contributed by atoms with Crippen LogP contribution in [-0.4, -0.2) is 13.1 Å². The van der Waals surface area contributed by atoms with Gasteiger partial charge in [-0.25, -0.2) is 0 Å². The lowest BCUT2D eigenvalue weighted by atomic mass is 9.88. The summed E-state index contributed by atoms with van der Waals surface area (Å²) in [6.45, 7) is 0. The van der Waals surface area contributed by atoms with Crippen molar-refractivity contribution in [3.05, 3.63) is 0 Å². The Bertz CT molecular complexity index is 322. The van der Waals surface area contributed by atoms with Crippen LogP contribution in [0.1, 0.15) is 38.5 Å². The van der Waals surface area contributed by atoms with Crippen LogP contribution in [0.25, 0.3) is 0 Å². The zero-order valence-corrected chi connectivity index (χ0v) is 9.29. The second-order valence-corrected chi connectivity index (χ2v) is 6.09. The second kappa shape index (κ2) is 2.26. The van der Waals surface area contributed by atoms with Crippen molar-refractivity contribution in [2.75, 3.05) is 7.11 Å². The molecule has 4 rings (SSSR count). The van der Waals surface area contributed by atoms with Gasteiger partial charge >= 0.3 is 5.97 Å². The zero-order chi connectivity index (χ0) is 10.3. The van der Waals surface area contributed by atoms with Gasteiger partial charge in [0.25, 0.3) is 0 Å². The van der Waals surface area contributed by atoms with E-state index in [0.29, 0.717) is 16.7 Å². The number of hydrogen-bond acceptors (Lipinski definition) is 2. The fourth-order valence-electron chi connectivity index (χ4n) is 4.78. The third-order valence-electron chi connectivity index (χ3n) is 5.54. The molecule has 0 aromatic rings. The Morgan fingerprint density at radius 3 is 2.00 bits per heavy atom. The van der Waals surface area contributed by atoms with Gasteiger partial charge in [0.05, 0.1) is 13.0 Å². The van der Waals surface area contributed by atoms with Crippen molar-refractivity contribution in [2.45, 2.75) is 38.5 Å². The van der Waals surface area contributed by atoms with Crippen LogP contribution in [0.4, 0.5) is 0 Å². The lowest BCUT2D eigenvalue weighted by molar-refractivity contribution is -0.143. The molecule has 1 unspecified atom stereocenters. The molecule has 0 saturated heterocycles. The Kier molecular flexibility index (Phi) is 1.29. The Morgan fingerprint density at radius 1 is 1.13 bits per heavy atom. The van der Waals surface area contributed by atoms with Crippen LogP contribution >= 0.6 is 0 Å². The molecule has 0 aliphatic heterocycles. The molecular formula is C13H18O2. The smallest absolute Gasteiger partial charge is 0.309 e. The largest absolute Gasteiger partial charge is 0.469 e. The predicted molar refractivity (Wildman–Crippen MR) is 55.1 cm³/mol. The Labute approximate surface area is 90.4 Å². The molecule has 4 aliphatic carbocycles. The maximum atomic E-state index is 11.9. The monoisotopic (exact) mass is 206 g/mol. The van der Waals surface area contributed by atoms with Crippen molar-refractivity contribution >= 4 is 5.97 Å². The van der Waals surface area contributed by atoms with E-state index in [2.05, 4.69) is 0 Å². The van der Waals surface area contributed by atoms with Gasteiger partial charge < -0.3 is 4.74 Å². The van der Waals surface area contributed by atoms with Gasteiger partial charge in [0, 0.05) is 0 Å². The fourth-order valence-corrected chi connectivity index (χ4v) is 4.78. The number of ether oxygens (including phenoxy) is 1. The van der Waals surface area contributed by atoms with Crippen LogP contribution in [0, 0.1) is 28.6 Å². The van der Waals surface area contributed by atoms with Crippen LogP contribution in [0.2, 0.25) is 0 Å². The van der Waals surface area contributed by atoms with E-state index in [-0.39, 0.29) is 5.97 Å². The maximum Gasteiger partial charge on any atom is 0.309 e. The maximum absolute atomic E-state index is 11.9. The standard InChI is InChI=1S/C13H18O2/c1-15-11(14)10-12(6-7-12)13(10,8-2-3-8)9-4-5-9/h8-10H,2-7H2,1H3. The summed E-state index contributed by atoms with van der Waals surface area (Å²) in [5.74, 6) is 2.18. The van der Waals surface area contributed by atoms with Gasteiger partial charge in [0.15, 0.2) is 0 Å². The molecule has 0 bridgehead atoms. The Balaban J connectivity index is 1.72. The van der Waals surface area contributed by atoms with Crippen molar-refractivity contribution in [1.29, 1.82) is 0 Å². The Hall–Kier alpha value is -0.530. The summed E-state index contributed by atoms with van der Waals surface area (Å²) in [5, 5.41) is 0. The molecule has 4 aliphatic rings. The van der Waals surface area contributed by atoms with Crippen LogP contribution in [-0.2, 0) is 9.53 Å². The quantitative estimate of drug-likeness (QED) is 0.663. The number of rotatable bonds is 3. The minimum atomic E-state index is 0.103. The van der Waals surface area contributed by atoms with Crippen molar-refractivity contribution in [2.24, 2.45) is 28.6 Å². The first-order chi connectivity index (χ1) is 7.27. The lowest BCUT2D eigenvalue weighted by Crippen LogP contribution is -2.16. The summed E-state index contributed by atoms with van der Waals surface area (Å²) >= 11 is 0. The average Bonchev–Trinajstić information content (AvgIpc) is 3.04. The minimum absolute atomic E-state index is 0.103. The number of methoxy groups -OCH3 is 1. The van der Waals surface area contributed by atoms with Crippen molar-refractivity contribution in [3.63, 3.8) is 0 Å². The van der Waals surface area contributed by atoms with E-state index in [4.69, 9.17) is 4.74 Å². The third-order valence-corrected chi connectivity index (χ3v) is 5.54. The van der Waals surface area contributed by atoms with Crippen molar-refractivity contribution < 1.29 is 9.53 Å². The SMILES string of the molecule is COC(=O)C1C2(CC2)C1(C1CC1)C1CC1. The highest BCUT2D eigenvalue weighted by Crippen LogP contribution is 2.92. The predicted octanol–water partition coefficient (Wildman–Crippen LogP) is 2.38. The molecule has 1 atom stereocenters. The Morgan fingerprint density at radius 2 is 1.67 bits per heavy atom. The highest BCUT2D eigenvalue weighted by molar-refractivity contribution is 5.81. The normalized spacial score (nSPS) is 38.9. The highest BCUT2D eigenvalue weighted by atomic mass is 16.5. The molecule has 0 aromatic heterocycles. The van der Waals surface area contributed by atoms with Gasteiger partial charge in [-0.3, -0.25) is 4.79 Å². The summed E-state index contributed by atoms with van der Waals surface area (Å²) in [6.07, 6.45) is 8.13. The summed E-state index contributed by atoms with van der Waals surface area (Å²) in [6, 6.07) is 0. The number of carbonyl (C=O) groups is 1. The molecule has 2 nitrogen and oxygen atoms in total. The first kappa shape index (κ1) is 8.60. The molecule has 0 radical (unpaired) electrons. The van der Waals surface area contributed by atoms with E-state index in [1.807, 2.05) is 0 Å². The molecule has 4 saturated carbocycles. The average molecular weight is 206 g/mol. The zero-order valence-electron chi connectivity index (χ0n) is 9.29. The lowest BCUT2D eigenvalue weighted by Gasteiger charge is -2.15. The summed E-state index contributed by atoms with van der Waals surface area (Å²) < 4.78 is 5.02. The van der Waals surface area contributed by atoms with E-state index in [1.54, 1.807) is 7.11 Å². The molecule has 0 aromatic carbocycles. The number of esters is 1. The third kappa shape index (κ3) is 0.786. The van der Waals surface area contributed by atoms with Gasteiger partial charge in [-0.15, -0.1) is 0 Å². The molecule has 4 fully saturated rings. The first-order valence-electron chi connectivity index (χ1n) is 6.35. The van der Waals surface area contributed by atoms with E-state index in [1.165, 1.54) is 38.5 Å². The topological polar surface area (TPSA) is 26.3 Å². The van der Waals surface area contributed by atoms with E-state index in [9.17, 15) is 4.79 Å². The molecular weight excluding hydrogens is 188 g/mol. The van der Waals surface area contributed by atoms with Crippen molar-refractivity contribution in [3.8, 4) is 0 Å². The molecule has 15 heavy (non-hydrogen) atoms. The number of hydrogen-bond donors (Lipinski definition) is 0. The van der Waals surface area contributed by atoms with Crippen molar-refractivity contribution in [1.82, 2.24) is 0 Å². The van der Waals surface area contributed by atoms with E-state index < -0.39 is 0 Å². The highest BCUT2D eigenvalue weighted by Gasteiger charge is 2.90. The summed E-state index contributed by atoms with van der Waals surface area (Å²) in [7, 11) is 1.56. The molecule has 0 amide bonds. The second-order valence-electron chi connectivity index (χ2n) is 6.09. The van der Waals surface area contributed by atoms with Gasteiger partial charge in [-0.1, -0.05) is 0 Å². The molecule has 0 heterocycles. The van der Waals surface area contributed by atoms with E-state index in [0.717, 1.165) is 11.8 Å². The van der Waals surface area contributed by atoms with Gasteiger partial charge in [0.2, 0.25) is 0 Å².